The van der Waals surface area contributed by atoms with Crippen molar-refractivity contribution < 1.29 is 4.74 Å². The smallest absolute Gasteiger partial charge is 0.0948 e. The predicted octanol–water partition coefficient (Wildman–Crippen LogP) is 0.912. The van der Waals surface area contributed by atoms with Gasteiger partial charge in [0.15, 0.2) is 0 Å². The second-order valence-corrected chi connectivity index (χ2v) is 2.05. The molecule has 0 spiro atoms. The van der Waals surface area contributed by atoms with Crippen LogP contribution in [0.15, 0.2) is 12.3 Å². The third-order valence-electron chi connectivity index (χ3n) is 1.44. The molecule has 1 aromatic rings. The molecule has 0 unspecified atom stereocenters. The van der Waals surface area contributed by atoms with Gasteiger partial charge < -0.3 is 4.74 Å². The molecule has 0 amide bonds. The minimum absolute atomic E-state index is 0.684. The quantitative estimate of drug-likeness (QED) is 0.507. The van der Waals surface area contributed by atoms with Crippen LogP contribution in [0.1, 0.15) is 11.1 Å². The molecule has 2 nitrogen and oxygen atoms in total. The molecule has 2 rings (SSSR count). The zero-order chi connectivity index (χ0) is 6.10. The van der Waals surface area contributed by atoms with Gasteiger partial charge in [0, 0.05) is 11.8 Å². The van der Waals surface area contributed by atoms with E-state index in [1.807, 2.05) is 6.07 Å². The molecular formula is C7H6NO. The lowest BCUT2D eigenvalue weighted by Gasteiger charge is -1.88. The van der Waals surface area contributed by atoms with Crippen LogP contribution in [-0.4, -0.2) is 4.98 Å². The minimum Gasteiger partial charge on any atom is -0.372 e. The van der Waals surface area contributed by atoms with Gasteiger partial charge in [0.2, 0.25) is 0 Å². The zero-order valence-corrected chi connectivity index (χ0v) is 4.92. The molecule has 2 heteroatoms. The summed E-state index contributed by atoms with van der Waals surface area (Å²) < 4.78 is 5.14. The highest BCUT2D eigenvalue weighted by molar-refractivity contribution is 5.23. The Bertz CT molecular complexity index is 199. The molecule has 0 fully saturated rings. The molecule has 0 aromatic carbocycles. The summed E-state index contributed by atoms with van der Waals surface area (Å²) in [6.45, 7) is 1.41. The molecule has 0 aliphatic carbocycles. The maximum absolute atomic E-state index is 5.14. The molecule has 1 aliphatic rings. The van der Waals surface area contributed by atoms with Gasteiger partial charge in [-0.1, -0.05) is 0 Å². The monoisotopic (exact) mass is 120 g/mol. The van der Waals surface area contributed by atoms with E-state index in [2.05, 4.69) is 11.2 Å². The predicted molar refractivity (Wildman–Crippen MR) is 31.6 cm³/mol. The Morgan fingerprint density at radius 2 is 2.56 bits per heavy atom. The van der Waals surface area contributed by atoms with Crippen molar-refractivity contribution in [3.8, 4) is 0 Å². The molecule has 1 radical (unpaired) electrons. The van der Waals surface area contributed by atoms with E-state index in [1.54, 1.807) is 6.20 Å². The summed E-state index contributed by atoms with van der Waals surface area (Å²) in [6, 6.07) is 1.97. The van der Waals surface area contributed by atoms with E-state index < -0.39 is 0 Å². The van der Waals surface area contributed by atoms with E-state index in [1.165, 1.54) is 5.56 Å². The summed E-state index contributed by atoms with van der Waals surface area (Å²) in [5, 5.41) is 0. The summed E-state index contributed by atoms with van der Waals surface area (Å²) in [6.07, 6.45) is 4.62. The molecule has 9 heavy (non-hydrogen) atoms. The van der Waals surface area contributed by atoms with E-state index in [0.29, 0.717) is 6.61 Å². The van der Waals surface area contributed by atoms with E-state index >= 15 is 0 Å². The van der Waals surface area contributed by atoms with Crippen LogP contribution in [0.25, 0.3) is 0 Å². The molecule has 45 valence electrons. The van der Waals surface area contributed by atoms with E-state index in [4.69, 9.17) is 4.74 Å². The lowest BCUT2D eigenvalue weighted by Crippen LogP contribution is -1.81. The molecule has 0 N–H and O–H groups in total. The van der Waals surface area contributed by atoms with Gasteiger partial charge in [-0.2, -0.15) is 0 Å². The number of rotatable bonds is 0. The average molecular weight is 120 g/mol. The Labute approximate surface area is 53.5 Å². The summed E-state index contributed by atoms with van der Waals surface area (Å²) in [4.78, 5) is 3.85. The maximum atomic E-state index is 5.14. The van der Waals surface area contributed by atoms with Gasteiger partial charge in [-0.05, 0) is 11.6 Å². The Balaban J connectivity index is 2.54. The summed E-state index contributed by atoms with van der Waals surface area (Å²) >= 11 is 0. The van der Waals surface area contributed by atoms with Crippen molar-refractivity contribution in [1.82, 2.24) is 4.98 Å². The van der Waals surface area contributed by atoms with Crippen LogP contribution in [0.5, 0.6) is 0 Å². The molecule has 2 heterocycles. The van der Waals surface area contributed by atoms with Crippen LogP contribution < -0.4 is 0 Å². The molecule has 0 saturated heterocycles. The van der Waals surface area contributed by atoms with Gasteiger partial charge in [0.25, 0.3) is 0 Å². The van der Waals surface area contributed by atoms with Crippen molar-refractivity contribution in [1.29, 1.82) is 0 Å². The number of hydrogen-bond acceptors (Lipinski definition) is 2. The van der Waals surface area contributed by atoms with E-state index in [0.717, 1.165) is 12.2 Å². The van der Waals surface area contributed by atoms with Crippen molar-refractivity contribution in [2.24, 2.45) is 0 Å². The summed E-state index contributed by atoms with van der Waals surface area (Å²) in [5.41, 5.74) is 2.34. The molecule has 1 aliphatic heterocycles. The summed E-state index contributed by atoms with van der Waals surface area (Å²) in [7, 11) is 0. The van der Waals surface area contributed by atoms with Gasteiger partial charge in [0.1, 0.15) is 0 Å². The van der Waals surface area contributed by atoms with Crippen molar-refractivity contribution in [2.75, 3.05) is 0 Å². The van der Waals surface area contributed by atoms with Crippen LogP contribution in [0.4, 0.5) is 0 Å². The number of aromatic nitrogens is 1. The largest absolute Gasteiger partial charge is 0.372 e. The highest BCUT2D eigenvalue weighted by Gasteiger charge is 2.09. The van der Waals surface area contributed by atoms with Crippen LogP contribution in [0.3, 0.4) is 0 Å². The lowest BCUT2D eigenvalue weighted by molar-refractivity contribution is 0.134. The van der Waals surface area contributed by atoms with E-state index in [-0.39, 0.29) is 0 Å². The fourth-order valence-electron chi connectivity index (χ4n) is 0.938. The normalized spacial score (nSPS) is 15.6. The highest BCUT2D eigenvalue weighted by atomic mass is 16.5. The first kappa shape index (κ1) is 4.94. The Kier molecular flexibility index (Phi) is 0.993. The lowest BCUT2D eigenvalue weighted by atomic mass is 10.2. The molecule has 0 saturated carbocycles. The molecule has 0 bridgehead atoms. The maximum Gasteiger partial charge on any atom is 0.0948 e. The molecule has 1 aromatic heterocycles. The number of pyridine rings is 1. The third kappa shape index (κ3) is 0.715. The van der Waals surface area contributed by atoms with Crippen LogP contribution in [0, 0.1) is 6.20 Å². The topological polar surface area (TPSA) is 22.1 Å². The Morgan fingerprint density at radius 1 is 1.56 bits per heavy atom. The second-order valence-electron chi connectivity index (χ2n) is 2.05. The van der Waals surface area contributed by atoms with Gasteiger partial charge in [-0.3, -0.25) is 4.98 Å². The van der Waals surface area contributed by atoms with Crippen molar-refractivity contribution >= 4 is 0 Å². The van der Waals surface area contributed by atoms with Gasteiger partial charge >= 0.3 is 0 Å². The Morgan fingerprint density at radius 3 is 3.44 bits per heavy atom. The first-order valence-electron chi connectivity index (χ1n) is 2.89. The standard InChI is InChI=1S/C7H6NO/c1-2-8-3-7-5-9-4-6(1)7/h1-2H,4-5H2. The van der Waals surface area contributed by atoms with Gasteiger partial charge in [-0.25, -0.2) is 0 Å². The highest BCUT2D eigenvalue weighted by Crippen LogP contribution is 2.16. The number of fused-ring (bicyclic) bond motifs is 1. The number of hydrogen-bond donors (Lipinski definition) is 0. The molecule has 0 atom stereocenters. The number of ether oxygens (including phenoxy) is 1. The second kappa shape index (κ2) is 1.81. The van der Waals surface area contributed by atoms with Crippen molar-refractivity contribution in [3.05, 3.63) is 29.6 Å². The van der Waals surface area contributed by atoms with Crippen molar-refractivity contribution in [3.63, 3.8) is 0 Å². The van der Waals surface area contributed by atoms with Gasteiger partial charge in [-0.15, -0.1) is 0 Å². The first-order valence-corrected chi connectivity index (χ1v) is 2.89. The first-order chi connectivity index (χ1) is 4.47. The zero-order valence-electron chi connectivity index (χ0n) is 4.92. The summed E-state index contributed by atoms with van der Waals surface area (Å²) in [5.74, 6) is 0. The van der Waals surface area contributed by atoms with Crippen LogP contribution in [0.2, 0.25) is 0 Å². The van der Waals surface area contributed by atoms with Crippen LogP contribution in [-0.2, 0) is 18.0 Å². The number of nitrogens with zero attached hydrogens (tertiary/aromatic N) is 1. The molecular weight excluding hydrogens is 114 g/mol. The van der Waals surface area contributed by atoms with Crippen molar-refractivity contribution in [2.45, 2.75) is 13.2 Å². The minimum atomic E-state index is 0.684. The third-order valence-corrected chi connectivity index (χ3v) is 1.44. The fraction of sp³-hybridized carbons (Fsp3) is 0.286. The fourth-order valence-corrected chi connectivity index (χ4v) is 0.938. The SMILES string of the molecule is [c]1nccc2c1COC2. The Hall–Kier alpha value is -0.890. The van der Waals surface area contributed by atoms with E-state index in [9.17, 15) is 0 Å². The van der Waals surface area contributed by atoms with Gasteiger partial charge in [0.05, 0.1) is 19.4 Å². The van der Waals surface area contributed by atoms with Crippen LogP contribution >= 0.6 is 0 Å². The average Bonchev–Trinajstić information content (AvgIpc) is 2.33.